The highest BCUT2D eigenvalue weighted by molar-refractivity contribution is 5.81. The maximum absolute atomic E-state index is 12.0. The summed E-state index contributed by atoms with van der Waals surface area (Å²) in [5.41, 5.74) is 1.01. The molecule has 3 rings (SSSR count). The number of carbonyl (C=O) groups excluding carboxylic acids is 1. The van der Waals surface area contributed by atoms with Crippen molar-refractivity contribution in [2.24, 2.45) is 0 Å². The van der Waals surface area contributed by atoms with E-state index in [0.29, 0.717) is 18.5 Å². The average molecular weight is 271 g/mol. The molecule has 104 valence electrons. The molecule has 0 saturated carbocycles. The van der Waals surface area contributed by atoms with Gasteiger partial charge in [0.25, 0.3) is 0 Å². The highest BCUT2D eigenvalue weighted by Crippen LogP contribution is 2.39. The maximum atomic E-state index is 12.0. The van der Waals surface area contributed by atoms with Gasteiger partial charge in [0.1, 0.15) is 17.0 Å². The molecule has 1 amide bonds. The molecule has 0 atom stereocenters. The van der Waals surface area contributed by atoms with Crippen LogP contribution in [-0.2, 0) is 4.79 Å². The molecular weight excluding hydrogens is 254 g/mol. The summed E-state index contributed by atoms with van der Waals surface area (Å²) in [5.74, 6) is 0.857. The minimum absolute atomic E-state index is 0.135. The van der Waals surface area contributed by atoms with E-state index in [1.54, 1.807) is 17.1 Å². The third-order valence-corrected chi connectivity index (χ3v) is 3.62. The highest BCUT2D eigenvalue weighted by Gasteiger charge is 2.37. The van der Waals surface area contributed by atoms with Gasteiger partial charge in [-0.1, -0.05) is 0 Å². The van der Waals surface area contributed by atoms with Gasteiger partial charge in [0.15, 0.2) is 0 Å². The van der Waals surface area contributed by atoms with E-state index in [0.717, 1.165) is 24.4 Å². The second-order valence-corrected chi connectivity index (χ2v) is 5.83. The molecule has 0 unspecified atom stereocenters. The largest absolute Gasteiger partial charge is 0.484 e. The Morgan fingerprint density at radius 1 is 1.35 bits per heavy atom. The van der Waals surface area contributed by atoms with Crippen molar-refractivity contribution in [2.45, 2.75) is 32.3 Å². The topological polar surface area (TPSA) is 56.6 Å². The van der Waals surface area contributed by atoms with Crippen molar-refractivity contribution in [1.29, 1.82) is 5.26 Å². The van der Waals surface area contributed by atoms with E-state index in [-0.39, 0.29) is 11.5 Å². The van der Waals surface area contributed by atoms with Crippen molar-refractivity contribution in [3.05, 3.63) is 23.8 Å². The Labute approximate surface area is 118 Å². The van der Waals surface area contributed by atoms with E-state index in [2.05, 4.69) is 6.07 Å². The van der Waals surface area contributed by atoms with E-state index in [1.165, 1.54) is 0 Å². The van der Waals surface area contributed by atoms with Gasteiger partial charge in [-0.05, 0) is 38.5 Å². The SMILES string of the molecule is CC1(C)CN(N2CCCC2=O)c2cc(C#N)ccc2O1. The van der Waals surface area contributed by atoms with E-state index in [9.17, 15) is 4.79 Å². The molecule has 20 heavy (non-hydrogen) atoms. The number of benzene rings is 1. The van der Waals surface area contributed by atoms with Gasteiger partial charge < -0.3 is 4.74 Å². The number of hydrazine groups is 1. The number of ether oxygens (including phenoxy) is 1. The van der Waals surface area contributed by atoms with Crippen molar-refractivity contribution in [3.8, 4) is 11.8 Å². The zero-order valence-electron chi connectivity index (χ0n) is 11.7. The lowest BCUT2D eigenvalue weighted by molar-refractivity contribution is -0.128. The Morgan fingerprint density at radius 2 is 2.15 bits per heavy atom. The number of hydrogen-bond donors (Lipinski definition) is 0. The molecule has 1 aromatic rings. The number of anilines is 1. The maximum Gasteiger partial charge on any atom is 0.241 e. The summed E-state index contributed by atoms with van der Waals surface area (Å²) in [6.45, 7) is 5.33. The van der Waals surface area contributed by atoms with Gasteiger partial charge in [0.05, 0.1) is 18.2 Å². The number of amides is 1. The van der Waals surface area contributed by atoms with Gasteiger partial charge in [-0.25, -0.2) is 0 Å². The molecule has 0 aliphatic carbocycles. The smallest absolute Gasteiger partial charge is 0.241 e. The van der Waals surface area contributed by atoms with E-state index in [1.807, 2.05) is 24.9 Å². The third kappa shape index (κ3) is 2.07. The standard InChI is InChI=1S/C15H17N3O2/c1-15(2)10-18(17-7-3-4-14(17)19)12-8-11(9-16)5-6-13(12)20-15/h5-6,8H,3-4,7,10H2,1-2H3. The van der Waals surface area contributed by atoms with Crippen molar-refractivity contribution >= 4 is 11.6 Å². The van der Waals surface area contributed by atoms with Crippen LogP contribution in [0.3, 0.4) is 0 Å². The van der Waals surface area contributed by atoms with Gasteiger partial charge in [-0.15, -0.1) is 0 Å². The predicted octanol–water partition coefficient (Wildman–Crippen LogP) is 2.07. The molecule has 2 heterocycles. The lowest BCUT2D eigenvalue weighted by Crippen LogP contribution is -2.54. The molecule has 0 spiro atoms. The van der Waals surface area contributed by atoms with Crippen LogP contribution in [0, 0.1) is 11.3 Å². The Hall–Kier alpha value is -2.22. The van der Waals surface area contributed by atoms with Crippen LogP contribution in [-0.4, -0.2) is 29.6 Å². The molecule has 2 aliphatic heterocycles. The molecule has 0 radical (unpaired) electrons. The van der Waals surface area contributed by atoms with Crippen molar-refractivity contribution < 1.29 is 9.53 Å². The lowest BCUT2D eigenvalue weighted by Gasteiger charge is -2.44. The third-order valence-electron chi connectivity index (χ3n) is 3.62. The second-order valence-electron chi connectivity index (χ2n) is 5.83. The summed E-state index contributed by atoms with van der Waals surface area (Å²) < 4.78 is 5.95. The van der Waals surface area contributed by atoms with Crippen molar-refractivity contribution in [2.75, 3.05) is 18.1 Å². The normalized spacial score (nSPS) is 20.4. The second kappa shape index (κ2) is 4.41. The highest BCUT2D eigenvalue weighted by atomic mass is 16.5. The van der Waals surface area contributed by atoms with Crippen LogP contribution in [0.4, 0.5) is 5.69 Å². The van der Waals surface area contributed by atoms with E-state index >= 15 is 0 Å². The molecule has 0 bridgehead atoms. The Morgan fingerprint density at radius 3 is 2.80 bits per heavy atom. The Kier molecular flexibility index (Phi) is 2.82. The van der Waals surface area contributed by atoms with Crippen LogP contribution < -0.4 is 9.75 Å². The zero-order valence-corrected chi connectivity index (χ0v) is 11.7. The summed E-state index contributed by atoms with van der Waals surface area (Å²) in [4.78, 5) is 12.0. The molecule has 5 heteroatoms. The molecule has 0 N–H and O–H groups in total. The molecule has 1 saturated heterocycles. The molecule has 0 aromatic heterocycles. The summed E-state index contributed by atoms with van der Waals surface area (Å²) in [5, 5.41) is 12.8. The molecular formula is C15H17N3O2. The summed E-state index contributed by atoms with van der Waals surface area (Å²) in [6.07, 6.45) is 1.47. The van der Waals surface area contributed by atoms with Gasteiger partial charge in [-0.3, -0.25) is 14.8 Å². The van der Waals surface area contributed by atoms with Crippen LogP contribution in [0.15, 0.2) is 18.2 Å². The van der Waals surface area contributed by atoms with Crippen LogP contribution >= 0.6 is 0 Å². The van der Waals surface area contributed by atoms with Crippen LogP contribution in [0.1, 0.15) is 32.3 Å². The number of fused-ring (bicyclic) bond motifs is 1. The van der Waals surface area contributed by atoms with Crippen molar-refractivity contribution in [3.63, 3.8) is 0 Å². The minimum atomic E-state index is -0.371. The summed E-state index contributed by atoms with van der Waals surface area (Å²) >= 11 is 0. The number of hydrogen-bond acceptors (Lipinski definition) is 4. The first-order valence-corrected chi connectivity index (χ1v) is 6.81. The van der Waals surface area contributed by atoms with Crippen LogP contribution in [0.25, 0.3) is 0 Å². The fraction of sp³-hybridized carbons (Fsp3) is 0.467. The van der Waals surface area contributed by atoms with Crippen molar-refractivity contribution in [1.82, 2.24) is 5.01 Å². The van der Waals surface area contributed by atoms with Gasteiger partial charge >= 0.3 is 0 Å². The minimum Gasteiger partial charge on any atom is -0.484 e. The Bertz CT molecular complexity index is 604. The number of carbonyl (C=O) groups is 1. The molecule has 5 nitrogen and oxygen atoms in total. The molecule has 2 aliphatic rings. The first-order valence-electron chi connectivity index (χ1n) is 6.81. The van der Waals surface area contributed by atoms with Gasteiger partial charge in [-0.2, -0.15) is 5.26 Å². The van der Waals surface area contributed by atoms with E-state index < -0.39 is 0 Å². The van der Waals surface area contributed by atoms with Crippen LogP contribution in [0.5, 0.6) is 5.75 Å². The zero-order chi connectivity index (χ0) is 14.3. The fourth-order valence-corrected chi connectivity index (χ4v) is 2.76. The number of nitriles is 1. The van der Waals surface area contributed by atoms with Gasteiger partial charge in [0.2, 0.25) is 5.91 Å². The first-order chi connectivity index (χ1) is 9.50. The van der Waals surface area contributed by atoms with E-state index in [4.69, 9.17) is 10.00 Å². The monoisotopic (exact) mass is 271 g/mol. The Balaban J connectivity index is 2.06. The molecule has 1 aromatic carbocycles. The fourth-order valence-electron chi connectivity index (χ4n) is 2.76. The average Bonchev–Trinajstić information content (AvgIpc) is 2.82. The summed E-state index contributed by atoms with van der Waals surface area (Å²) in [6, 6.07) is 7.47. The predicted molar refractivity (Wildman–Crippen MR) is 74.2 cm³/mol. The van der Waals surface area contributed by atoms with Crippen LogP contribution in [0.2, 0.25) is 0 Å². The van der Waals surface area contributed by atoms with Gasteiger partial charge in [0, 0.05) is 13.0 Å². The number of rotatable bonds is 1. The first kappa shape index (κ1) is 12.8. The lowest BCUT2D eigenvalue weighted by atomic mass is 10.1. The quantitative estimate of drug-likeness (QED) is 0.784. The molecule has 1 fully saturated rings. The number of nitrogens with zero attached hydrogens (tertiary/aromatic N) is 3. The summed E-state index contributed by atoms with van der Waals surface area (Å²) in [7, 11) is 0.